The van der Waals surface area contributed by atoms with Gasteiger partial charge in [0.05, 0.1) is 6.04 Å². The highest BCUT2D eigenvalue weighted by Gasteiger charge is 2.34. The van der Waals surface area contributed by atoms with Gasteiger partial charge in [0, 0.05) is 21.4 Å². The van der Waals surface area contributed by atoms with Crippen molar-refractivity contribution in [1.82, 2.24) is 0 Å². The first-order valence-electron chi connectivity index (χ1n) is 8.60. The Morgan fingerprint density at radius 1 is 0.821 bits per heavy atom. The number of hydrogen-bond donors (Lipinski definition) is 1. The van der Waals surface area contributed by atoms with Crippen LogP contribution in [0.3, 0.4) is 0 Å². The zero-order valence-corrected chi connectivity index (χ0v) is 16.1. The van der Waals surface area contributed by atoms with Crippen molar-refractivity contribution in [2.24, 2.45) is 0 Å². The van der Waals surface area contributed by atoms with Crippen LogP contribution >= 0.6 is 23.2 Å². The smallest absolute Gasteiger partial charge is 0.275 e. The predicted molar refractivity (Wildman–Crippen MR) is 111 cm³/mol. The van der Waals surface area contributed by atoms with E-state index >= 15 is 0 Å². The molecule has 0 aromatic heterocycles. The van der Waals surface area contributed by atoms with E-state index in [1.54, 1.807) is 65.6 Å². The SMILES string of the molecule is O=C1C(Nc2ccc(Cl)cc2)=C[C@H](c2ccc(F)cc2)N1c1ccc(Cl)cc1. The number of nitrogens with one attached hydrogen (secondary N) is 1. The number of halogens is 3. The second kappa shape index (κ2) is 7.66. The molecule has 1 heterocycles. The first kappa shape index (κ1) is 18.5. The van der Waals surface area contributed by atoms with E-state index in [1.807, 2.05) is 6.08 Å². The van der Waals surface area contributed by atoms with Gasteiger partial charge in [-0.05, 0) is 72.3 Å². The molecule has 0 fully saturated rings. The average Bonchev–Trinajstić information content (AvgIpc) is 3.01. The van der Waals surface area contributed by atoms with E-state index in [1.165, 1.54) is 12.1 Å². The summed E-state index contributed by atoms with van der Waals surface area (Å²) in [5.41, 5.74) is 2.69. The highest BCUT2D eigenvalue weighted by molar-refractivity contribution is 6.31. The quantitative estimate of drug-likeness (QED) is 0.551. The number of rotatable bonds is 4. The van der Waals surface area contributed by atoms with Gasteiger partial charge in [-0.3, -0.25) is 9.69 Å². The number of carbonyl (C=O) groups is 1. The van der Waals surface area contributed by atoms with Crippen LogP contribution in [0, 0.1) is 5.82 Å². The summed E-state index contributed by atoms with van der Waals surface area (Å²) >= 11 is 11.9. The van der Waals surface area contributed by atoms with Gasteiger partial charge in [0.25, 0.3) is 5.91 Å². The van der Waals surface area contributed by atoms with Crippen LogP contribution in [0.4, 0.5) is 15.8 Å². The average molecular weight is 413 g/mol. The minimum Gasteiger partial charge on any atom is -0.351 e. The monoisotopic (exact) mass is 412 g/mol. The molecule has 0 unspecified atom stereocenters. The molecule has 6 heteroatoms. The normalized spacial score (nSPS) is 16.2. The molecule has 1 aliphatic heterocycles. The standard InChI is InChI=1S/C22H15Cl2FN2O/c23-15-3-9-18(10-4-15)26-20-13-21(14-1-7-17(25)8-2-14)27(22(20)28)19-11-5-16(24)6-12-19/h1-13,21,26H/t21-/m1/s1. The van der Waals surface area contributed by atoms with Crippen LogP contribution in [0.25, 0.3) is 0 Å². The molecular weight excluding hydrogens is 398 g/mol. The Bertz CT molecular complexity index is 1030. The van der Waals surface area contributed by atoms with Gasteiger partial charge in [0.1, 0.15) is 11.5 Å². The summed E-state index contributed by atoms with van der Waals surface area (Å²) in [7, 11) is 0. The lowest BCUT2D eigenvalue weighted by atomic mass is 10.1. The van der Waals surface area contributed by atoms with Crippen LogP contribution in [0.1, 0.15) is 11.6 Å². The number of benzene rings is 3. The maximum atomic E-state index is 13.4. The van der Waals surface area contributed by atoms with Crippen molar-refractivity contribution >= 4 is 40.5 Å². The summed E-state index contributed by atoms with van der Waals surface area (Å²) in [5.74, 6) is -0.513. The van der Waals surface area contributed by atoms with Crippen LogP contribution < -0.4 is 10.2 Å². The lowest BCUT2D eigenvalue weighted by molar-refractivity contribution is -0.114. The molecule has 0 saturated carbocycles. The summed E-state index contributed by atoms with van der Waals surface area (Å²) in [6.07, 6.45) is 1.83. The van der Waals surface area contributed by atoms with Gasteiger partial charge in [0.2, 0.25) is 0 Å². The molecule has 0 saturated heterocycles. The van der Waals surface area contributed by atoms with Gasteiger partial charge < -0.3 is 5.32 Å². The topological polar surface area (TPSA) is 32.3 Å². The minimum absolute atomic E-state index is 0.188. The number of hydrogen-bond acceptors (Lipinski definition) is 2. The number of nitrogens with zero attached hydrogens (tertiary/aromatic N) is 1. The molecule has 140 valence electrons. The molecule has 4 rings (SSSR count). The maximum absolute atomic E-state index is 13.4. The van der Waals surface area contributed by atoms with E-state index in [4.69, 9.17) is 23.2 Å². The van der Waals surface area contributed by atoms with E-state index in [9.17, 15) is 9.18 Å². The Morgan fingerprint density at radius 3 is 2.00 bits per heavy atom. The van der Waals surface area contributed by atoms with Gasteiger partial charge in [0.15, 0.2) is 0 Å². The second-order valence-corrected chi connectivity index (χ2v) is 7.23. The molecule has 3 nitrogen and oxygen atoms in total. The van der Waals surface area contributed by atoms with Crippen molar-refractivity contribution < 1.29 is 9.18 Å². The zero-order chi connectivity index (χ0) is 19.7. The summed E-state index contributed by atoms with van der Waals surface area (Å²) in [6, 6.07) is 19.9. The van der Waals surface area contributed by atoms with Crippen LogP contribution in [0.5, 0.6) is 0 Å². The highest BCUT2D eigenvalue weighted by atomic mass is 35.5. The van der Waals surface area contributed by atoms with E-state index < -0.39 is 0 Å². The lowest BCUT2D eigenvalue weighted by Crippen LogP contribution is -2.30. The van der Waals surface area contributed by atoms with Crippen molar-refractivity contribution in [2.75, 3.05) is 10.2 Å². The Kier molecular flexibility index (Phi) is 5.07. The molecule has 1 atom stereocenters. The van der Waals surface area contributed by atoms with Crippen molar-refractivity contribution in [2.45, 2.75) is 6.04 Å². The van der Waals surface area contributed by atoms with Crippen LogP contribution in [0.15, 0.2) is 84.6 Å². The Labute approximate surface area is 172 Å². The fourth-order valence-corrected chi connectivity index (χ4v) is 3.38. The Hall–Kier alpha value is -2.82. The van der Waals surface area contributed by atoms with E-state index in [0.29, 0.717) is 21.4 Å². The summed E-state index contributed by atoms with van der Waals surface area (Å²) < 4.78 is 13.4. The largest absolute Gasteiger partial charge is 0.351 e. The third-order valence-corrected chi connectivity index (χ3v) is 5.00. The van der Waals surface area contributed by atoms with Gasteiger partial charge in [-0.1, -0.05) is 35.3 Å². The van der Waals surface area contributed by atoms with Crippen LogP contribution in [-0.4, -0.2) is 5.91 Å². The van der Waals surface area contributed by atoms with Gasteiger partial charge in [-0.2, -0.15) is 0 Å². The van der Waals surface area contributed by atoms with E-state index in [2.05, 4.69) is 5.32 Å². The van der Waals surface area contributed by atoms with Crippen molar-refractivity contribution in [3.63, 3.8) is 0 Å². The molecule has 1 aliphatic rings. The summed E-state index contributed by atoms with van der Waals surface area (Å²) in [5, 5.41) is 4.35. The van der Waals surface area contributed by atoms with Crippen LogP contribution in [-0.2, 0) is 4.79 Å². The van der Waals surface area contributed by atoms with Gasteiger partial charge >= 0.3 is 0 Å². The van der Waals surface area contributed by atoms with Crippen molar-refractivity contribution in [1.29, 1.82) is 0 Å². The van der Waals surface area contributed by atoms with Gasteiger partial charge in [-0.15, -0.1) is 0 Å². The number of carbonyl (C=O) groups excluding carboxylic acids is 1. The Morgan fingerprint density at radius 2 is 1.39 bits per heavy atom. The highest BCUT2D eigenvalue weighted by Crippen LogP contribution is 2.36. The molecule has 28 heavy (non-hydrogen) atoms. The third kappa shape index (κ3) is 3.75. The Balaban J connectivity index is 1.72. The molecule has 0 aliphatic carbocycles. The molecule has 3 aromatic rings. The fourth-order valence-electron chi connectivity index (χ4n) is 3.13. The van der Waals surface area contributed by atoms with Crippen molar-refractivity contribution in [3.05, 3.63) is 106 Å². The predicted octanol–water partition coefficient (Wildman–Crippen LogP) is 6.22. The molecule has 0 bridgehead atoms. The zero-order valence-electron chi connectivity index (χ0n) is 14.6. The molecule has 0 radical (unpaired) electrons. The first-order valence-corrected chi connectivity index (χ1v) is 9.36. The number of amides is 1. The number of anilines is 2. The molecule has 3 aromatic carbocycles. The maximum Gasteiger partial charge on any atom is 0.275 e. The van der Waals surface area contributed by atoms with Gasteiger partial charge in [-0.25, -0.2) is 4.39 Å². The first-order chi connectivity index (χ1) is 13.5. The van der Waals surface area contributed by atoms with Crippen molar-refractivity contribution in [3.8, 4) is 0 Å². The minimum atomic E-state index is -0.371. The second-order valence-electron chi connectivity index (χ2n) is 6.36. The molecule has 1 N–H and O–H groups in total. The lowest BCUT2D eigenvalue weighted by Gasteiger charge is -2.25. The molecule has 0 spiro atoms. The third-order valence-electron chi connectivity index (χ3n) is 4.49. The summed E-state index contributed by atoms with van der Waals surface area (Å²) in [4.78, 5) is 14.8. The van der Waals surface area contributed by atoms with E-state index in [-0.39, 0.29) is 17.8 Å². The summed E-state index contributed by atoms with van der Waals surface area (Å²) in [6.45, 7) is 0. The van der Waals surface area contributed by atoms with Crippen LogP contribution in [0.2, 0.25) is 10.0 Å². The molecular formula is C22H15Cl2FN2O. The fraction of sp³-hybridized carbons (Fsp3) is 0.0455. The molecule has 1 amide bonds. The van der Waals surface area contributed by atoms with E-state index in [0.717, 1.165) is 11.3 Å².